The van der Waals surface area contributed by atoms with E-state index in [1.54, 1.807) is 6.08 Å². The SMILES string of the molecule is C=CCOC(C)CNC(C)C1CC2C=CC1C2. The Kier molecular flexibility index (Phi) is 4.41. The lowest BCUT2D eigenvalue weighted by Gasteiger charge is -2.27. The Bertz CT molecular complexity index is 287. The standard InChI is InChI=1S/C15H25NO/c1-4-7-17-11(2)10-16-12(3)15-9-13-5-6-14(15)8-13/h4-6,11-16H,1,7-10H2,2-3H3. The minimum atomic E-state index is 0.268. The zero-order valence-corrected chi connectivity index (χ0v) is 11.1. The van der Waals surface area contributed by atoms with Crippen LogP contribution in [0.2, 0.25) is 0 Å². The molecular formula is C15H25NO. The van der Waals surface area contributed by atoms with Crippen molar-refractivity contribution >= 4 is 0 Å². The second-order valence-electron chi connectivity index (χ2n) is 5.57. The third-order valence-corrected chi connectivity index (χ3v) is 4.20. The van der Waals surface area contributed by atoms with Gasteiger partial charge in [-0.3, -0.25) is 0 Å². The molecule has 96 valence electrons. The Morgan fingerprint density at radius 3 is 2.82 bits per heavy atom. The molecular weight excluding hydrogens is 210 g/mol. The van der Waals surface area contributed by atoms with Crippen LogP contribution in [-0.2, 0) is 4.74 Å². The highest BCUT2D eigenvalue weighted by atomic mass is 16.5. The maximum atomic E-state index is 5.57. The number of fused-ring (bicyclic) bond motifs is 2. The van der Waals surface area contributed by atoms with Crippen molar-refractivity contribution in [1.82, 2.24) is 5.32 Å². The Morgan fingerprint density at radius 2 is 2.24 bits per heavy atom. The summed E-state index contributed by atoms with van der Waals surface area (Å²) in [5.41, 5.74) is 0. The summed E-state index contributed by atoms with van der Waals surface area (Å²) in [6, 6.07) is 0.602. The summed E-state index contributed by atoms with van der Waals surface area (Å²) in [5, 5.41) is 3.62. The second kappa shape index (κ2) is 5.83. The molecule has 2 aliphatic rings. The molecule has 0 heterocycles. The van der Waals surface area contributed by atoms with Crippen LogP contribution in [0.25, 0.3) is 0 Å². The summed E-state index contributed by atoms with van der Waals surface area (Å²) in [5.74, 6) is 2.52. The molecule has 17 heavy (non-hydrogen) atoms. The van der Waals surface area contributed by atoms with E-state index in [0.29, 0.717) is 12.6 Å². The van der Waals surface area contributed by atoms with Crippen molar-refractivity contribution in [2.45, 2.75) is 38.8 Å². The molecule has 0 aromatic heterocycles. The molecule has 2 nitrogen and oxygen atoms in total. The third-order valence-electron chi connectivity index (χ3n) is 4.20. The van der Waals surface area contributed by atoms with Crippen LogP contribution in [0.3, 0.4) is 0 Å². The predicted octanol–water partition coefficient (Wildman–Crippen LogP) is 2.77. The van der Waals surface area contributed by atoms with Gasteiger partial charge in [0.25, 0.3) is 0 Å². The predicted molar refractivity (Wildman–Crippen MR) is 71.9 cm³/mol. The van der Waals surface area contributed by atoms with E-state index in [1.807, 2.05) is 0 Å². The first kappa shape index (κ1) is 12.8. The largest absolute Gasteiger partial charge is 0.373 e. The van der Waals surface area contributed by atoms with Gasteiger partial charge in [-0.2, -0.15) is 0 Å². The van der Waals surface area contributed by atoms with Crippen molar-refractivity contribution in [3.63, 3.8) is 0 Å². The van der Waals surface area contributed by atoms with Crippen LogP contribution in [0.4, 0.5) is 0 Å². The number of nitrogens with one attached hydrogen (secondary N) is 1. The quantitative estimate of drug-likeness (QED) is 0.685. The van der Waals surface area contributed by atoms with Crippen molar-refractivity contribution in [3.8, 4) is 0 Å². The van der Waals surface area contributed by atoms with Crippen molar-refractivity contribution in [2.24, 2.45) is 17.8 Å². The minimum Gasteiger partial charge on any atom is -0.373 e. The summed E-state index contributed by atoms with van der Waals surface area (Å²) in [7, 11) is 0. The fourth-order valence-corrected chi connectivity index (χ4v) is 3.19. The Labute approximate surface area is 105 Å². The van der Waals surface area contributed by atoms with Gasteiger partial charge in [0, 0.05) is 12.6 Å². The van der Waals surface area contributed by atoms with Gasteiger partial charge in [0.15, 0.2) is 0 Å². The number of hydrogen-bond acceptors (Lipinski definition) is 2. The van der Waals surface area contributed by atoms with Crippen LogP contribution < -0.4 is 5.32 Å². The Hall–Kier alpha value is -0.600. The smallest absolute Gasteiger partial charge is 0.0675 e. The van der Waals surface area contributed by atoms with Gasteiger partial charge in [0.1, 0.15) is 0 Å². The van der Waals surface area contributed by atoms with E-state index in [9.17, 15) is 0 Å². The number of hydrogen-bond donors (Lipinski definition) is 1. The lowest BCUT2D eigenvalue weighted by molar-refractivity contribution is 0.0834. The zero-order chi connectivity index (χ0) is 12.3. The van der Waals surface area contributed by atoms with Gasteiger partial charge in [-0.1, -0.05) is 18.2 Å². The van der Waals surface area contributed by atoms with Crippen LogP contribution in [0.5, 0.6) is 0 Å². The van der Waals surface area contributed by atoms with Crippen molar-refractivity contribution in [2.75, 3.05) is 13.2 Å². The van der Waals surface area contributed by atoms with Crippen LogP contribution in [-0.4, -0.2) is 25.3 Å². The number of ether oxygens (including phenoxy) is 1. The van der Waals surface area contributed by atoms with E-state index in [-0.39, 0.29) is 6.10 Å². The molecule has 0 aliphatic heterocycles. The average molecular weight is 235 g/mol. The molecule has 2 heteroatoms. The molecule has 1 fully saturated rings. The average Bonchev–Trinajstić information content (AvgIpc) is 2.95. The first-order chi connectivity index (χ1) is 8.20. The molecule has 0 amide bonds. The van der Waals surface area contributed by atoms with Gasteiger partial charge in [0.2, 0.25) is 0 Å². The molecule has 2 aliphatic carbocycles. The first-order valence-corrected chi connectivity index (χ1v) is 6.85. The van der Waals surface area contributed by atoms with Crippen LogP contribution in [0, 0.1) is 17.8 Å². The fourth-order valence-electron chi connectivity index (χ4n) is 3.19. The van der Waals surface area contributed by atoms with Crippen LogP contribution in [0.15, 0.2) is 24.8 Å². The van der Waals surface area contributed by atoms with Gasteiger partial charge >= 0.3 is 0 Å². The van der Waals surface area contributed by atoms with Gasteiger partial charge in [-0.05, 0) is 44.4 Å². The topological polar surface area (TPSA) is 21.3 Å². The number of allylic oxidation sites excluding steroid dienone is 2. The summed E-state index contributed by atoms with van der Waals surface area (Å²) >= 11 is 0. The van der Waals surface area contributed by atoms with Gasteiger partial charge < -0.3 is 10.1 Å². The molecule has 0 spiro atoms. The molecule has 0 saturated heterocycles. The van der Waals surface area contributed by atoms with Crippen LogP contribution >= 0.6 is 0 Å². The molecule has 5 unspecified atom stereocenters. The lowest BCUT2D eigenvalue weighted by Crippen LogP contribution is -2.39. The van der Waals surface area contributed by atoms with Crippen molar-refractivity contribution in [3.05, 3.63) is 24.8 Å². The lowest BCUT2D eigenvalue weighted by atomic mass is 9.87. The third kappa shape index (κ3) is 3.20. The highest BCUT2D eigenvalue weighted by Crippen LogP contribution is 2.44. The molecule has 2 bridgehead atoms. The van der Waals surface area contributed by atoms with E-state index in [0.717, 1.165) is 24.3 Å². The molecule has 1 saturated carbocycles. The summed E-state index contributed by atoms with van der Waals surface area (Å²) in [6.07, 6.45) is 9.67. The Balaban J connectivity index is 1.69. The van der Waals surface area contributed by atoms with E-state index in [4.69, 9.17) is 4.74 Å². The molecule has 0 aromatic rings. The molecule has 5 atom stereocenters. The van der Waals surface area contributed by atoms with Crippen LogP contribution in [0.1, 0.15) is 26.7 Å². The summed E-state index contributed by atoms with van der Waals surface area (Å²) in [6.45, 7) is 9.68. The molecule has 2 rings (SSSR count). The van der Waals surface area contributed by atoms with E-state index >= 15 is 0 Å². The summed E-state index contributed by atoms with van der Waals surface area (Å²) in [4.78, 5) is 0. The molecule has 0 aromatic carbocycles. The van der Waals surface area contributed by atoms with Crippen molar-refractivity contribution in [1.29, 1.82) is 0 Å². The summed E-state index contributed by atoms with van der Waals surface area (Å²) < 4.78 is 5.57. The highest BCUT2D eigenvalue weighted by molar-refractivity contribution is 5.11. The maximum Gasteiger partial charge on any atom is 0.0675 e. The zero-order valence-electron chi connectivity index (χ0n) is 11.1. The fraction of sp³-hybridized carbons (Fsp3) is 0.733. The normalized spacial score (nSPS) is 33.9. The van der Waals surface area contributed by atoms with Crippen molar-refractivity contribution < 1.29 is 4.74 Å². The van der Waals surface area contributed by atoms with E-state index < -0.39 is 0 Å². The maximum absolute atomic E-state index is 5.57. The first-order valence-electron chi connectivity index (χ1n) is 6.85. The minimum absolute atomic E-state index is 0.268. The van der Waals surface area contributed by atoms with Gasteiger partial charge in [-0.25, -0.2) is 0 Å². The highest BCUT2D eigenvalue weighted by Gasteiger charge is 2.38. The van der Waals surface area contributed by atoms with Gasteiger partial charge in [0.05, 0.1) is 12.7 Å². The monoisotopic (exact) mass is 235 g/mol. The molecule has 0 radical (unpaired) electrons. The Morgan fingerprint density at radius 1 is 1.41 bits per heavy atom. The number of rotatable bonds is 7. The second-order valence-corrected chi connectivity index (χ2v) is 5.57. The van der Waals surface area contributed by atoms with E-state index in [1.165, 1.54) is 12.8 Å². The van der Waals surface area contributed by atoms with Gasteiger partial charge in [-0.15, -0.1) is 6.58 Å². The van der Waals surface area contributed by atoms with E-state index in [2.05, 4.69) is 37.9 Å². The molecule has 1 N–H and O–H groups in total.